The van der Waals surface area contributed by atoms with Crippen molar-refractivity contribution in [2.24, 2.45) is 7.05 Å². The van der Waals surface area contributed by atoms with Gasteiger partial charge >= 0.3 is 11.9 Å². The number of esters is 2. The molecule has 1 saturated carbocycles. The number of benzene rings is 2. The minimum Gasteiger partial charge on any atom is -0.465 e. The van der Waals surface area contributed by atoms with Gasteiger partial charge in [0, 0.05) is 25.1 Å². The van der Waals surface area contributed by atoms with Crippen LogP contribution in [0.15, 0.2) is 54.9 Å². The third-order valence-electron chi connectivity index (χ3n) is 6.49. The number of hydrogen-bond donors (Lipinski definition) is 0. The van der Waals surface area contributed by atoms with E-state index in [-0.39, 0.29) is 17.8 Å². The van der Waals surface area contributed by atoms with Gasteiger partial charge in [-0.15, -0.1) is 5.10 Å². The summed E-state index contributed by atoms with van der Waals surface area (Å²) >= 11 is 0. The molecule has 2 unspecified atom stereocenters. The number of ether oxygens (including phenoxy) is 2. The second-order valence-corrected chi connectivity index (χ2v) is 10.8. The largest absolute Gasteiger partial charge is 0.465 e. The van der Waals surface area contributed by atoms with Crippen LogP contribution < -0.4 is 0 Å². The Morgan fingerprint density at radius 2 is 1.82 bits per heavy atom. The summed E-state index contributed by atoms with van der Waals surface area (Å²) in [4.78, 5) is 25.3. The quantitative estimate of drug-likeness (QED) is 0.335. The summed E-state index contributed by atoms with van der Waals surface area (Å²) in [5, 5.41) is 13.0. The molecular formula is C29H31N5O4. The van der Waals surface area contributed by atoms with Gasteiger partial charge in [0.15, 0.2) is 0 Å². The number of carbonyl (C=O) groups is 2. The summed E-state index contributed by atoms with van der Waals surface area (Å²) < 4.78 is 14.1. The molecule has 5 rings (SSSR count). The first kappa shape index (κ1) is 25.4. The highest BCUT2D eigenvalue weighted by Gasteiger charge is 2.46. The molecule has 4 aromatic rings. The number of methoxy groups -OCH3 is 1. The molecule has 2 aromatic carbocycles. The Balaban J connectivity index is 1.54. The molecule has 38 heavy (non-hydrogen) atoms. The van der Waals surface area contributed by atoms with Gasteiger partial charge in [-0.2, -0.15) is 5.10 Å². The maximum Gasteiger partial charge on any atom is 0.341 e. The molecule has 0 amide bonds. The van der Waals surface area contributed by atoms with E-state index in [0.717, 1.165) is 40.2 Å². The van der Waals surface area contributed by atoms with Gasteiger partial charge in [-0.1, -0.05) is 23.4 Å². The molecule has 0 N–H and O–H groups in total. The molecule has 0 bridgehead atoms. The van der Waals surface area contributed by atoms with Gasteiger partial charge in [0.05, 0.1) is 35.9 Å². The van der Waals surface area contributed by atoms with Crippen molar-refractivity contribution >= 4 is 11.9 Å². The summed E-state index contributed by atoms with van der Waals surface area (Å²) in [5.74, 6) is -0.581. The zero-order chi connectivity index (χ0) is 27.2. The maximum atomic E-state index is 12.7. The van der Waals surface area contributed by atoms with Crippen molar-refractivity contribution in [1.82, 2.24) is 24.8 Å². The van der Waals surface area contributed by atoms with Crippen LogP contribution in [0.1, 0.15) is 76.7 Å². The lowest BCUT2D eigenvalue weighted by Gasteiger charge is -2.19. The lowest BCUT2D eigenvalue weighted by atomic mass is 10.00. The van der Waals surface area contributed by atoms with Crippen LogP contribution in [0.2, 0.25) is 0 Å². The van der Waals surface area contributed by atoms with Crippen molar-refractivity contribution in [3.63, 3.8) is 0 Å². The number of nitrogens with zero attached hydrogens (tertiary/aromatic N) is 5. The molecular weight excluding hydrogens is 482 g/mol. The normalized spacial score (nSPS) is 16.8. The van der Waals surface area contributed by atoms with Gasteiger partial charge in [0.1, 0.15) is 11.2 Å². The van der Waals surface area contributed by atoms with E-state index in [1.54, 1.807) is 16.9 Å². The summed E-state index contributed by atoms with van der Waals surface area (Å²) in [6, 6.07) is 13.5. The van der Waals surface area contributed by atoms with Gasteiger partial charge in [0.25, 0.3) is 0 Å². The Kier molecular flexibility index (Phi) is 6.38. The smallest absolute Gasteiger partial charge is 0.341 e. The number of hydrogen-bond acceptors (Lipinski definition) is 7. The number of rotatable bonds is 6. The molecule has 0 radical (unpaired) electrons. The van der Waals surface area contributed by atoms with Gasteiger partial charge in [-0.25, -0.2) is 14.3 Å². The molecule has 0 aliphatic heterocycles. The summed E-state index contributed by atoms with van der Waals surface area (Å²) in [6.07, 6.45) is 4.31. The standard InChI is InChI=1S/C29H31N5O4/c1-17-10-20(18-8-7-9-19(12-18)27(35)38-29(2,3)4)13-21(11-17)34-26(24(15-30-34)28(36)37-6)23-14-22(23)25-16-33(5)32-31-25/h7-13,15-16,22-23H,14H2,1-6H3. The first-order valence-electron chi connectivity index (χ1n) is 12.5. The Labute approximate surface area is 221 Å². The maximum absolute atomic E-state index is 12.7. The Morgan fingerprint density at radius 3 is 2.50 bits per heavy atom. The lowest BCUT2D eigenvalue weighted by Crippen LogP contribution is -2.23. The molecule has 1 fully saturated rings. The molecule has 1 aliphatic rings. The molecule has 9 heteroatoms. The fourth-order valence-corrected chi connectivity index (χ4v) is 4.76. The highest BCUT2D eigenvalue weighted by molar-refractivity contribution is 5.92. The van der Waals surface area contributed by atoms with Crippen molar-refractivity contribution in [2.45, 2.75) is 51.6 Å². The number of aromatic nitrogens is 5. The highest BCUT2D eigenvalue weighted by atomic mass is 16.6. The van der Waals surface area contributed by atoms with Crippen molar-refractivity contribution in [1.29, 1.82) is 0 Å². The summed E-state index contributed by atoms with van der Waals surface area (Å²) in [7, 11) is 3.21. The van der Waals surface area contributed by atoms with Crippen LogP contribution in [-0.2, 0) is 16.5 Å². The van der Waals surface area contributed by atoms with E-state index in [9.17, 15) is 9.59 Å². The van der Waals surface area contributed by atoms with Crippen LogP contribution in [0.3, 0.4) is 0 Å². The van der Waals surface area contributed by atoms with Crippen molar-refractivity contribution in [3.05, 3.63) is 82.9 Å². The molecule has 2 aromatic heterocycles. The predicted octanol–water partition coefficient (Wildman–Crippen LogP) is 4.99. The molecule has 9 nitrogen and oxygen atoms in total. The summed E-state index contributed by atoms with van der Waals surface area (Å²) in [5.41, 5.74) is 5.68. The highest BCUT2D eigenvalue weighted by Crippen LogP contribution is 2.55. The van der Waals surface area contributed by atoms with E-state index in [1.807, 2.05) is 76.0 Å². The van der Waals surface area contributed by atoms with Gasteiger partial charge < -0.3 is 9.47 Å². The van der Waals surface area contributed by atoms with E-state index in [0.29, 0.717) is 11.1 Å². The topological polar surface area (TPSA) is 101 Å². The van der Waals surface area contributed by atoms with E-state index < -0.39 is 11.6 Å². The molecule has 1 aliphatic carbocycles. The zero-order valence-electron chi connectivity index (χ0n) is 22.4. The van der Waals surface area contributed by atoms with Crippen LogP contribution in [0.4, 0.5) is 0 Å². The second-order valence-electron chi connectivity index (χ2n) is 10.8. The summed E-state index contributed by atoms with van der Waals surface area (Å²) in [6.45, 7) is 7.55. The van der Waals surface area contributed by atoms with E-state index in [4.69, 9.17) is 9.47 Å². The first-order valence-corrected chi connectivity index (χ1v) is 12.5. The second kappa shape index (κ2) is 9.55. The van der Waals surface area contributed by atoms with Crippen LogP contribution in [-0.4, -0.2) is 49.4 Å². The van der Waals surface area contributed by atoms with Crippen molar-refractivity contribution in [3.8, 4) is 16.8 Å². The van der Waals surface area contributed by atoms with Gasteiger partial charge in [-0.3, -0.25) is 4.68 Å². The molecule has 0 saturated heterocycles. The van der Waals surface area contributed by atoms with E-state index in [2.05, 4.69) is 21.5 Å². The monoisotopic (exact) mass is 513 g/mol. The third kappa shape index (κ3) is 5.09. The molecule has 0 spiro atoms. The fraction of sp³-hybridized carbons (Fsp3) is 0.345. The predicted molar refractivity (Wildman–Crippen MR) is 141 cm³/mol. The van der Waals surface area contributed by atoms with E-state index >= 15 is 0 Å². The van der Waals surface area contributed by atoms with Gasteiger partial charge in [-0.05, 0) is 75.1 Å². The average Bonchev–Trinajstić information content (AvgIpc) is 3.32. The van der Waals surface area contributed by atoms with Gasteiger partial charge in [0.2, 0.25) is 0 Å². The minimum atomic E-state index is -0.580. The molecule has 2 heterocycles. The Hall–Kier alpha value is -4.27. The average molecular weight is 514 g/mol. The SMILES string of the molecule is COC(=O)c1cnn(-c2cc(C)cc(-c3cccc(C(=O)OC(C)(C)C)c3)c2)c1C1CC1c1cn(C)nn1. The fourth-order valence-electron chi connectivity index (χ4n) is 4.76. The Morgan fingerprint density at radius 1 is 1.03 bits per heavy atom. The van der Waals surface area contributed by atoms with Crippen LogP contribution >= 0.6 is 0 Å². The van der Waals surface area contributed by atoms with Crippen LogP contribution in [0.5, 0.6) is 0 Å². The van der Waals surface area contributed by atoms with Crippen molar-refractivity contribution in [2.75, 3.05) is 7.11 Å². The Bertz CT molecular complexity index is 1530. The van der Waals surface area contributed by atoms with Crippen molar-refractivity contribution < 1.29 is 19.1 Å². The van der Waals surface area contributed by atoms with Crippen LogP contribution in [0.25, 0.3) is 16.8 Å². The number of aryl methyl sites for hydroxylation is 2. The van der Waals surface area contributed by atoms with E-state index in [1.165, 1.54) is 7.11 Å². The lowest BCUT2D eigenvalue weighted by molar-refractivity contribution is 0.00693. The zero-order valence-corrected chi connectivity index (χ0v) is 22.4. The number of carbonyl (C=O) groups excluding carboxylic acids is 2. The minimum absolute atomic E-state index is 0.0581. The first-order chi connectivity index (χ1) is 18.0. The third-order valence-corrected chi connectivity index (χ3v) is 6.49. The van der Waals surface area contributed by atoms with Crippen LogP contribution in [0, 0.1) is 6.92 Å². The molecule has 196 valence electrons. The molecule has 2 atom stereocenters.